The van der Waals surface area contributed by atoms with Gasteiger partial charge in [-0.15, -0.1) is 0 Å². The topological polar surface area (TPSA) is 116 Å². The van der Waals surface area contributed by atoms with Crippen molar-refractivity contribution in [2.45, 2.75) is 0 Å². The molecule has 0 aliphatic rings. The number of carbonyl (C=O) groups is 2. The number of hydrogen-bond donors (Lipinski definition) is 2. The van der Waals surface area contributed by atoms with Crippen LogP contribution < -0.4 is 15.2 Å². The molecular formula is C16H15FN2O5S. The van der Waals surface area contributed by atoms with Crippen LogP contribution in [0.25, 0.3) is 11.1 Å². The number of primary amides is 1. The highest BCUT2D eigenvalue weighted by atomic mass is 32.2. The number of hydrogen-bond acceptors (Lipinski definition) is 5. The van der Waals surface area contributed by atoms with Gasteiger partial charge in [0.15, 0.2) is 0 Å². The maximum atomic E-state index is 14.2. The van der Waals surface area contributed by atoms with E-state index in [2.05, 4.69) is 0 Å². The highest BCUT2D eigenvalue weighted by Crippen LogP contribution is 2.29. The first-order valence-electron chi connectivity index (χ1n) is 6.92. The van der Waals surface area contributed by atoms with Gasteiger partial charge in [-0.3, -0.25) is 9.59 Å². The molecule has 9 heteroatoms. The highest BCUT2D eigenvalue weighted by Gasteiger charge is 2.16. The summed E-state index contributed by atoms with van der Waals surface area (Å²) in [5, 5.41) is 0. The second kappa shape index (κ2) is 6.89. The number of methoxy groups -OCH3 is 1. The number of halogens is 1. The van der Waals surface area contributed by atoms with Gasteiger partial charge in [-0.1, -0.05) is 6.07 Å². The van der Waals surface area contributed by atoms with E-state index in [9.17, 15) is 22.4 Å². The largest absolute Gasteiger partial charge is 0.496 e. The summed E-state index contributed by atoms with van der Waals surface area (Å²) in [6, 6.07) is 7.62. The number of benzene rings is 2. The van der Waals surface area contributed by atoms with Crippen LogP contribution in [0.4, 0.5) is 4.39 Å². The Bertz CT molecular complexity index is 957. The van der Waals surface area contributed by atoms with Gasteiger partial charge in [0.2, 0.25) is 10.0 Å². The maximum Gasteiger partial charge on any atom is 0.264 e. The molecule has 0 aliphatic carbocycles. The lowest BCUT2D eigenvalue weighted by atomic mass is 9.99. The van der Waals surface area contributed by atoms with Gasteiger partial charge in [0, 0.05) is 11.1 Å². The third kappa shape index (κ3) is 4.32. The minimum Gasteiger partial charge on any atom is -0.496 e. The average Bonchev–Trinajstić information content (AvgIpc) is 2.53. The fourth-order valence-corrected chi connectivity index (χ4v) is 2.64. The Morgan fingerprint density at radius 3 is 2.40 bits per heavy atom. The zero-order chi connectivity index (χ0) is 18.8. The average molecular weight is 366 g/mol. The van der Waals surface area contributed by atoms with Crippen LogP contribution in [0.2, 0.25) is 0 Å². The van der Waals surface area contributed by atoms with Crippen molar-refractivity contribution in [1.82, 2.24) is 4.72 Å². The molecule has 0 atom stereocenters. The van der Waals surface area contributed by atoms with Crippen LogP contribution in [0.5, 0.6) is 5.75 Å². The number of nitrogens with two attached hydrogens (primary N) is 1. The summed E-state index contributed by atoms with van der Waals surface area (Å²) in [6.07, 6.45) is 0.831. The highest BCUT2D eigenvalue weighted by molar-refractivity contribution is 7.89. The molecular weight excluding hydrogens is 351 g/mol. The summed E-state index contributed by atoms with van der Waals surface area (Å²) in [5.74, 6) is -2.09. The zero-order valence-electron chi connectivity index (χ0n) is 13.4. The van der Waals surface area contributed by atoms with Crippen LogP contribution in [-0.4, -0.2) is 33.6 Å². The Labute approximate surface area is 143 Å². The number of sulfonamides is 1. The predicted octanol–water partition coefficient (Wildman–Crippen LogP) is 1.29. The van der Waals surface area contributed by atoms with E-state index >= 15 is 0 Å². The summed E-state index contributed by atoms with van der Waals surface area (Å²) in [4.78, 5) is 23.4. The SMILES string of the molecule is COc1ccc(-c2cc(C(=O)NS(C)(=O)=O)ccc2F)cc1C(N)=O. The Hall–Kier alpha value is -2.94. The summed E-state index contributed by atoms with van der Waals surface area (Å²) < 4.78 is 43.3. The van der Waals surface area contributed by atoms with E-state index in [0.717, 1.165) is 18.4 Å². The quantitative estimate of drug-likeness (QED) is 0.827. The van der Waals surface area contributed by atoms with Crippen molar-refractivity contribution >= 4 is 21.8 Å². The molecule has 2 aromatic rings. The summed E-state index contributed by atoms with van der Waals surface area (Å²) >= 11 is 0. The molecule has 2 amide bonds. The van der Waals surface area contributed by atoms with Gasteiger partial charge in [-0.25, -0.2) is 17.5 Å². The normalized spacial score (nSPS) is 11.0. The first-order chi connectivity index (χ1) is 11.6. The van der Waals surface area contributed by atoms with Gasteiger partial charge in [0.05, 0.1) is 18.9 Å². The minimum atomic E-state index is -3.76. The summed E-state index contributed by atoms with van der Waals surface area (Å²) in [5.41, 5.74) is 5.55. The Morgan fingerprint density at radius 2 is 1.84 bits per heavy atom. The zero-order valence-corrected chi connectivity index (χ0v) is 14.2. The lowest BCUT2D eigenvalue weighted by Crippen LogP contribution is -2.29. The predicted molar refractivity (Wildman–Crippen MR) is 89.2 cm³/mol. The molecule has 7 nitrogen and oxygen atoms in total. The Balaban J connectivity index is 2.53. The molecule has 0 radical (unpaired) electrons. The van der Waals surface area contributed by atoms with Gasteiger partial charge in [-0.05, 0) is 35.9 Å². The number of carbonyl (C=O) groups excluding carboxylic acids is 2. The maximum absolute atomic E-state index is 14.2. The minimum absolute atomic E-state index is 0.00584. The smallest absolute Gasteiger partial charge is 0.264 e. The van der Waals surface area contributed by atoms with E-state index in [0.29, 0.717) is 0 Å². The monoisotopic (exact) mass is 366 g/mol. The number of ether oxygens (including phenoxy) is 1. The Morgan fingerprint density at radius 1 is 1.16 bits per heavy atom. The number of amides is 2. The van der Waals surface area contributed by atoms with Gasteiger partial charge in [0.25, 0.3) is 11.8 Å². The van der Waals surface area contributed by atoms with E-state index in [1.165, 1.54) is 31.4 Å². The van der Waals surface area contributed by atoms with Gasteiger partial charge < -0.3 is 10.5 Å². The second-order valence-corrected chi connectivity index (χ2v) is 6.93. The van der Waals surface area contributed by atoms with Crippen LogP contribution in [0.3, 0.4) is 0 Å². The van der Waals surface area contributed by atoms with E-state index in [1.54, 1.807) is 4.72 Å². The lowest BCUT2D eigenvalue weighted by molar-refractivity contribution is 0.0977. The van der Waals surface area contributed by atoms with Gasteiger partial charge >= 0.3 is 0 Å². The van der Waals surface area contributed by atoms with E-state index in [-0.39, 0.29) is 28.0 Å². The lowest BCUT2D eigenvalue weighted by Gasteiger charge is -2.10. The van der Waals surface area contributed by atoms with Crippen molar-refractivity contribution in [1.29, 1.82) is 0 Å². The van der Waals surface area contributed by atoms with E-state index in [4.69, 9.17) is 10.5 Å². The molecule has 25 heavy (non-hydrogen) atoms. The molecule has 0 bridgehead atoms. The first kappa shape index (κ1) is 18.4. The fourth-order valence-electron chi connectivity index (χ4n) is 2.18. The molecule has 0 aliphatic heterocycles. The molecule has 3 N–H and O–H groups in total. The molecule has 0 aromatic heterocycles. The molecule has 132 valence electrons. The fraction of sp³-hybridized carbons (Fsp3) is 0.125. The molecule has 0 saturated heterocycles. The summed E-state index contributed by atoms with van der Waals surface area (Å²) in [6.45, 7) is 0. The van der Waals surface area contributed by atoms with Crippen molar-refractivity contribution in [3.8, 4) is 16.9 Å². The third-order valence-electron chi connectivity index (χ3n) is 3.28. The van der Waals surface area contributed by atoms with Crippen molar-refractivity contribution in [3.05, 3.63) is 53.3 Å². The molecule has 2 aromatic carbocycles. The van der Waals surface area contributed by atoms with E-state index < -0.39 is 27.7 Å². The summed E-state index contributed by atoms with van der Waals surface area (Å²) in [7, 11) is -2.40. The van der Waals surface area contributed by atoms with Crippen molar-refractivity contribution in [2.75, 3.05) is 13.4 Å². The Kier molecular flexibility index (Phi) is 5.07. The third-order valence-corrected chi connectivity index (χ3v) is 3.84. The number of nitrogens with one attached hydrogen (secondary N) is 1. The molecule has 0 spiro atoms. The van der Waals surface area contributed by atoms with Gasteiger partial charge in [-0.2, -0.15) is 0 Å². The van der Waals surface area contributed by atoms with Crippen LogP contribution in [0.15, 0.2) is 36.4 Å². The van der Waals surface area contributed by atoms with Crippen molar-refractivity contribution in [2.24, 2.45) is 5.73 Å². The second-order valence-electron chi connectivity index (χ2n) is 5.18. The van der Waals surface area contributed by atoms with Crippen molar-refractivity contribution in [3.63, 3.8) is 0 Å². The molecule has 0 fully saturated rings. The molecule has 0 heterocycles. The number of rotatable bonds is 5. The first-order valence-corrected chi connectivity index (χ1v) is 8.81. The van der Waals surface area contributed by atoms with Gasteiger partial charge in [0.1, 0.15) is 11.6 Å². The van der Waals surface area contributed by atoms with E-state index in [1.807, 2.05) is 0 Å². The van der Waals surface area contributed by atoms with Crippen LogP contribution >= 0.6 is 0 Å². The van der Waals surface area contributed by atoms with Crippen LogP contribution in [-0.2, 0) is 10.0 Å². The van der Waals surface area contributed by atoms with Crippen molar-refractivity contribution < 1.29 is 27.1 Å². The molecule has 2 rings (SSSR count). The standard InChI is InChI=1S/C16H15FN2O5S/c1-24-14-6-4-9(7-12(14)15(18)20)11-8-10(3-5-13(11)17)16(21)19-25(2,22)23/h3-8H,1-2H3,(H2,18,20)(H,19,21). The van der Waals surface area contributed by atoms with Crippen LogP contribution in [0, 0.1) is 5.82 Å². The molecule has 0 saturated carbocycles. The molecule has 0 unspecified atom stereocenters. The van der Waals surface area contributed by atoms with Crippen LogP contribution in [0.1, 0.15) is 20.7 Å².